The Kier molecular flexibility index (Phi) is 6.47. The van der Waals surface area contributed by atoms with Crippen molar-refractivity contribution < 1.29 is 22.7 Å². The van der Waals surface area contributed by atoms with Gasteiger partial charge in [0.05, 0.1) is 29.4 Å². The van der Waals surface area contributed by atoms with Gasteiger partial charge in [-0.3, -0.25) is 9.69 Å². The van der Waals surface area contributed by atoms with Gasteiger partial charge in [-0.15, -0.1) is 0 Å². The number of nitrogens with zero attached hydrogens (tertiary/aromatic N) is 3. The SMILES string of the molecule is COc1cccc2sc(N(CC3CCCO3)C(=O)c3ccc(S(=O)(=O)N(C)C)cc3)nc12. The number of benzene rings is 2. The van der Waals surface area contributed by atoms with E-state index in [-0.39, 0.29) is 16.9 Å². The first-order chi connectivity index (χ1) is 15.3. The Balaban J connectivity index is 1.70. The number of hydrogen-bond donors (Lipinski definition) is 0. The van der Waals surface area contributed by atoms with E-state index >= 15 is 0 Å². The fraction of sp³-hybridized carbons (Fsp3) is 0.364. The van der Waals surface area contributed by atoms with E-state index in [0.29, 0.717) is 35.1 Å². The second-order valence-electron chi connectivity index (χ2n) is 7.67. The first-order valence-corrected chi connectivity index (χ1v) is 12.5. The summed E-state index contributed by atoms with van der Waals surface area (Å²) in [4.78, 5) is 20.0. The van der Waals surface area contributed by atoms with Crippen LogP contribution in [0.2, 0.25) is 0 Å². The molecule has 1 amide bonds. The Bertz CT molecular complexity index is 1220. The van der Waals surface area contributed by atoms with Crippen LogP contribution in [0.4, 0.5) is 5.13 Å². The van der Waals surface area contributed by atoms with Gasteiger partial charge in [0.2, 0.25) is 10.0 Å². The standard InChI is InChI=1S/C22H25N3O5S2/c1-24(2)32(27,28)17-11-9-15(10-12-17)21(26)25(14-16-6-5-13-30-16)22-23-20-18(29-3)7-4-8-19(20)31-22/h4,7-12,16H,5-6,13-14H2,1-3H3. The van der Waals surface area contributed by atoms with Gasteiger partial charge in [0.1, 0.15) is 11.3 Å². The third-order valence-electron chi connectivity index (χ3n) is 5.36. The Labute approximate surface area is 191 Å². The van der Waals surface area contributed by atoms with Crippen molar-refractivity contribution in [1.29, 1.82) is 0 Å². The van der Waals surface area contributed by atoms with E-state index in [0.717, 1.165) is 21.8 Å². The molecule has 1 aliphatic heterocycles. The molecule has 0 aliphatic carbocycles. The molecule has 0 spiro atoms. The molecule has 2 aromatic carbocycles. The van der Waals surface area contributed by atoms with Crippen LogP contribution < -0.4 is 9.64 Å². The number of para-hydroxylation sites is 1. The highest BCUT2D eigenvalue weighted by Gasteiger charge is 2.28. The fourth-order valence-electron chi connectivity index (χ4n) is 3.57. The highest BCUT2D eigenvalue weighted by Crippen LogP contribution is 2.35. The maximum absolute atomic E-state index is 13.5. The highest BCUT2D eigenvalue weighted by atomic mass is 32.2. The van der Waals surface area contributed by atoms with E-state index in [9.17, 15) is 13.2 Å². The lowest BCUT2D eigenvalue weighted by atomic mass is 10.2. The predicted molar refractivity (Wildman–Crippen MR) is 124 cm³/mol. The van der Waals surface area contributed by atoms with Crippen LogP contribution in [0.25, 0.3) is 10.2 Å². The lowest BCUT2D eigenvalue weighted by molar-refractivity contribution is 0.0917. The minimum atomic E-state index is -3.57. The molecule has 1 unspecified atom stereocenters. The van der Waals surface area contributed by atoms with E-state index in [1.807, 2.05) is 18.2 Å². The van der Waals surface area contributed by atoms with E-state index in [1.165, 1.54) is 49.7 Å². The molecule has 0 bridgehead atoms. The summed E-state index contributed by atoms with van der Waals surface area (Å²) in [5, 5.41) is 0.551. The molecular formula is C22H25N3O5S2. The largest absolute Gasteiger partial charge is 0.494 e. The van der Waals surface area contributed by atoms with Crippen molar-refractivity contribution in [2.45, 2.75) is 23.8 Å². The molecule has 0 radical (unpaired) electrons. The molecule has 0 saturated carbocycles. The normalized spacial score (nSPS) is 16.6. The van der Waals surface area contributed by atoms with Gasteiger partial charge in [0, 0.05) is 26.3 Å². The number of thiazole rings is 1. The van der Waals surface area contributed by atoms with Crippen LogP contribution in [-0.4, -0.2) is 64.1 Å². The third kappa shape index (κ3) is 4.36. The number of ether oxygens (including phenoxy) is 2. The zero-order chi connectivity index (χ0) is 22.9. The molecule has 2 heterocycles. The highest BCUT2D eigenvalue weighted by molar-refractivity contribution is 7.89. The number of amides is 1. The van der Waals surface area contributed by atoms with Crippen LogP contribution in [0.5, 0.6) is 5.75 Å². The van der Waals surface area contributed by atoms with Crippen molar-refractivity contribution in [3.8, 4) is 5.75 Å². The summed E-state index contributed by atoms with van der Waals surface area (Å²) in [5.41, 5.74) is 1.08. The van der Waals surface area contributed by atoms with Gasteiger partial charge in [-0.25, -0.2) is 17.7 Å². The van der Waals surface area contributed by atoms with Gasteiger partial charge in [0.15, 0.2) is 5.13 Å². The molecule has 8 nitrogen and oxygen atoms in total. The molecule has 1 fully saturated rings. The fourth-order valence-corrected chi connectivity index (χ4v) is 5.46. The maximum atomic E-state index is 13.5. The van der Waals surface area contributed by atoms with Gasteiger partial charge in [0.25, 0.3) is 5.91 Å². The maximum Gasteiger partial charge on any atom is 0.260 e. The van der Waals surface area contributed by atoms with E-state index in [4.69, 9.17) is 14.5 Å². The van der Waals surface area contributed by atoms with Crippen molar-refractivity contribution in [2.75, 3.05) is 39.3 Å². The van der Waals surface area contributed by atoms with Gasteiger partial charge in [-0.05, 0) is 49.2 Å². The molecular weight excluding hydrogens is 450 g/mol. The summed E-state index contributed by atoms with van der Waals surface area (Å²) in [7, 11) is 0.961. The van der Waals surface area contributed by atoms with Crippen molar-refractivity contribution in [3.05, 3.63) is 48.0 Å². The molecule has 170 valence electrons. The average Bonchev–Trinajstić information content (AvgIpc) is 3.46. The Morgan fingerprint density at radius 2 is 1.97 bits per heavy atom. The average molecular weight is 476 g/mol. The minimum absolute atomic E-state index is 0.0683. The molecule has 1 aliphatic rings. The van der Waals surface area contributed by atoms with Crippen molar-refractivity contribution >= 4 is 42.6 Å². The predicted octanol–water partition coefficient (Wildman–Crippen LogP) is 3.38. The number of carbonyl (C=O) groups is 1. The molecule has 1 aromatic heterocycles. The lowest BCUT2D eigenvalue weighted by Gasteiger charge is -2.23. The smallest absolute Gasteiger partial charge is 0.260 e. The molecule has 10 heteroatoms. The van der Waals surface area contributed by atoms with Crippen LogP contribution in [0.1, 0.15) is 23.2 Å². The topological polar surface area (TPSA) is 89.0 Å². The van der Waals surface area contributed by atoms with Crippen molar-refractivity contribution in [2.24, 2.45) is 0 Å². The Morgan fingerprint density at radius 3 is 2.59 bits per heavy atom. The summed E-state index contributed by atoms with van der Waals surface area (Å²) in [6.45, 7) is 1.05. The number of sulfonamides is 1. The number of fused-ring (bicyclic) bond motifs is 1. The van der Waals surface area contributed by atoms with E-state index in [1.54, 1.807) is 12.0 Å². The summed E-state index contributed by atoms with van der Waals surface area (Å²) in [5.74, 6) is 0.389. The molecule has 1 atom stereocenters. The van der Waals surface area contributed by atoms with Crippen LogP contribution in [0.15, 0.2) is 47.4 Å². The van der Waals surface area contributed by atoms with Gasteiger partial charge in [-0.2, -0.15) is 0 Å². The summed E-state index contributed by atoms with van der Waals surface area (Å²) in [6, 6.07) is 11.6. The van der Waals surface area contributed by atoms with E-state index < -0.39 is 10.0 Å². The first kappa shape index (κ1) is 22.7. The second kappa shape index (κ2) is 9.14. The number of aromatic nitrogens is 1. The second-order valence-corrected chi connectivity index (χ2v) is 10.8. The Hall–Kier alpha value is -2.53. The summed E-state index contributed by atoms with van der Waals surface area (Å²) < 4.78 is 38.0. The quantitative estimate of drug-likeness (QED) is 0.521. The molecule has 1 saturated heterocycles. The van der Waals surface area contributed by atoms with Crippen molar-refractivity contribution in [3.63, 3.8) is 0 Å². The number of hydrogen-bond acceptors (Lipinski definition) is 7. The number of anilines is 1. The van der Waals surface area contributed by atoms with E-state index in [2.05, 4.69) is 0 Å². The van der Waals surface area contributed by atoms with Gasteiger partial charge >= 0.3 is 0 Å². The first-order valence-electron chi connectivity index (χ1n) is 10.2. The van der Waals surface area contributed by atoms with Crippen LogP contribution in [0.3, 0.4) is 0 Å². The molecule has 4 rings (SSSR count). The zero-order valence-corrected chi connectivity index (χ0v) is 19.8. The monoisotopic (exact) mass is 475 g/mol. The van der Waals surface area contributed by atoms with Crippen LogP contribution >= 0.6 is 11.3 Å². The minimum Gasteiger partial charge on any atom is -0.494 e. The number of carbonyl (C=O) groups excluding carboxylic acids is 1. The number of rotatable bonds is 7. The van der Waals surface area contributed by atoms with Crippen LogP contribution in [0, 0.1) is 0 Å². The molecule has 3 aromatic rings. The summed E-state index contributed by atoms with van der Waals surface area (Å²) in [6.07, 6.45) is 1.76. The van der Waals surface area contributed by atoms with Gasteiger partial charge < -0.3 is 9.47 Å². The van der Waals surface area contributed by atoms with Gasteiger partial charge in [-0.1, -0.05) is 17.4 Å². The summed E-state index contributed by atoms with van der Waals surface area (Å²) >= 11 is 1.41. The zero-order valence-electron chi connectivity index (χ0n) is 18.1. The molecule has 32 heavy (non-hydrogen) atoms. The van der Waals surface area contributed by atoms with Crippen molar-refractivity contribution in [1.82, 2.24) is 9.29 Å². The van der Waals surface area contributed by atoms with Crippen LogP contribution in [-0.2, 0) is 14.8 Å². The Morgan fingerprint density at radius 1 is 1.22 bits per heavy atom. The third-order valence-corrected chi connectivity index (χ3v) is 8.23. The molecule has 0 N–H and O–H groups in total. The lowest BCUT2D eigenvalue weighted by Crippen LogP contribution is -2.37. The number of methoxy groups -OCH3 is 1.